The molecule has 0 saturated carbocycles. The summed E-state index contributed by atoms with van der Waals surface area (Å²) in [5.41, 5.74) is 0. The molecule has 0 amide bonds. The normalized spacial score (nSPS) is 29.8. The van der Waals surface area contributed by atoms with Crippen molar-refractivity contribution in [2.75, 3.05) is 26.2 Å². The van der Waals surface area contributed by atoms with Crippen LogP contribution in [0.5, 0.6) is 0 Å². The number of ether oxygens (including phenoxy) is 1. The van der Waals surface area contributed by atoms with Gasteiger partial charge in [0.2, 0.25) is 0 Å². The molecule has 0 aliphatic carbocycles. The Morgan fingerprint density at radius 2 is 2.21 bits per heavy atom. The van der Waals surface area contributed by atoms with Crippen molar-refractivity contribution in [2.45, 2.75) is 38.1 Å². The largest absolute Gasteiger partial charge is 0.377 e. The SMILES string of the molecule is CC(C)OCCN1CCC(C)C(Br)C1. The number of likely N-dealkylation sites (tertiary alicyclic amines) is 1. The predicted octanol–water partition coefficient (Wildman–Crippen LogP) is 2.52. The van der Waals surface area contributed by atoms with Gasteiger partial charge >= 0.3 is 0 Å². The van der Waals surface area contributed by atoms with E-state index in [-0.39, 0.29) is 0 Å². The lowest BCUT2D eigenvalue weighted by atomic mass is 9.99. The molecule has 3 heteroatoms. The molecule has 2 unspecified atom stereocenters. The molecular weight excluding hydrogens is 242 g/mol. The van der Waals surface area contributed by atoms with Gasteiger partial charge in [-0.2, -0.15) is 0 Å². The second kappa shape index (κ2) is 6.09. The van der Waals surface area contributed by atoms with Gasteiger partial charge in [0.05, 0.1) is 12.7 Å². The molecule has 1 aliphatic heterocycles. The van der Waals surface area contributed by atoms with E-state index in [2.05, 4.69) is 41.6 Å². The number of rotatable bonds is 4. The first-order valence-corrected chi connectivity index (χ1v) is 6.49. The number of halogens is 1. The Balaban J connectivity index is 2.13. The minimum Gasteiger partial charge on any atom is -0.377 e. The standard InChI is InChI=1S/C11H22BrNO/c1-9(2)14-7-6-13-5-4-10(3)11(12)8-13/h9-11H,4-8H2,1-3H3. The molecule has 0 radical (unpaired) electrons. The summed E-state index contributed by atoms with van der Waals surface area (Å²) in [5.74, 6) is 0.817. The number of nitrogens with zero attached hydrogens (tertiary/aromatic N) is 1. The lowest BCUT2D eigenvalue weighted by Gasteiger charge is -2.34. The third-order valence-electron chi connectivity index (χ3n) is 2.81. The zero-order valence-corrected chi connectivity index (χ0v) is 11.1. The molecule has 2 nitrogen and oxygen atoms in total. The van der Waals surface area contributed by atoms with Gasteiger partial charge in [-0.15, -0.1) is 0 Å². The molecule has 84 valence electrons. The lowest BCUT2D eigenvalue weighted by molar-refractivity contribution is 0.0528. The van der Waals surface area contributed by atoms with E-state index in [1.165, 1.54) is 19.5 Å². The third-order valence-corrected chi connectivity index (χ3v) is 4.00. The van der Waals surface area contributed by atoms with Crippen LogP contribution < -0.4 is 0 Å². The van der Waals surface area contributed by atoms with Crippen molar-refractivity contribution in [2.24, 2.45) is 5.92 Å². The highest BCUT2D eigenvalue weighted by molar-refractivity contribution is 9.09. The van der Waals surface area contributed by atoms with Gasteiger partial charge in [-0.05, 0) is 32.7 Å². The fourth-order valence-corrected chi connectivity index (χ4v) is 2.38. The van der Waals surface area contributed by atoms with E-state index in [0.717, 1.165) is 19.1 Å². The average Bonchev–Trinajstić information content (AvgIpc) is 2.10. The van der Waals surface area contributed by atoms with Crippen molar-refractivity contribution in [1.29, 1.82) is 0 Å². The molecular formula is C11H22BrNO. The van der Waals surface area contributed by atoms with E-state index in [1.807, 2.05) is 0 Å². The summed E-state index contributed by atoms with van der Waals surface area (Å²) in [5, 5.41) is 0. The Morgan fingerprint density at radius 1 is 1.50 bits per heavy atom. The van der Waals surface area contributed by atoms with Gasteiger partial charge in [-0.3, -0.25) is 4.90 Å². The number of piperidine rings is 1. The minimum atomic E-state index is 0.360. The van der Waals surface area contributed by atoms with Gasteiger partial charge in [-0.1, -0.05) is 22.9 Å². The van der Waals surface area contributed by atoms with Crippen LogP contribution in [-0.2, 0) is 4.74 Å². The quantitative estimate of drug-likeness (QED) is 0.723. The number of hydrogen-bond acceptors (Lipinski definition) is 2. The molecule has 1 rings (SSSR count). The molecule has 1 heterocycles. The molecule has 2 atom stereocenters. The van der Waals surface area contributed by atoms with Crippen molar-refractivity contribution in [3.63, 3.8) is 0 Å². The van der Waals surface area contributed by atoms with Crippen LogP contribution >= 0.6 is 15.9 Å². The highest BCUT2D eigenvalue weighted by Gasteiger charge is 2.23. The van der Waals surface area contributed by atoms with Crippen molar-refractivity contribution in [3.05, 3.63) is 0 Å². The van der Waals surface area contributed by atoms with Crippen molar-refractivity contribution in [3.8, 4) is 0 Å². The van der Waals surface area contributed by atoms with E-state index in [0.29, 0.717) is 10.9 Å². The summed E-state index contributed by atoms with van der Waals surface area (Å²) in [6.07, 6.45) is 1.66. The topological polar surface area (TPSA) is 12.5 Å². The minimum absolute atomic E-state index is 0.360. The number of hydrogen-bond donors (Lipinski definition) is 0. The average molecular weight is 264 g/mol. The predicted molar refractivity (Wildman–Crippen MR) is 64.0 cm³/mol. The summed E-state index contributed by atoms with van der Waals surface area (Å²) in [7, 11) is 0. The molecule has 0 aromatic carbocycles. The van der Waals surface area contributed by atoms with E-state index in [9.17, 15) is 0 Å². The molecule has 1 aliphatic rings. The van der Waals surface area contributed by atoms with Crippen molar-refractivity contribution >= 4 is 15.9 Å². The maximum atomic E-state index is 5.55. The molecule has 1 saturated heterocycles. The third kappa shape index (κ3) is 4.28. The Kier molecular flexibility index (Phi) is 5.42. The molecule has 14 heavy (non-hydrogen) atoms. The lowest BCUT2D eigenvalue weighted by Crippen LogP contribution is -2.41. The van der Waals surface area contributed by atoms with Crippen LogP contribution in [0.3, 0.4) is 0 Å². The maximum Gasteiger partial charge on any atom is 0.0596 e. The first-order valence-electron chi connectivity index (χ1n) is 5.57. The Labute approximate surface area is 96.1 Å². The summed E-state index contributed by atoms with van der Waals surface area (Å²) < 4.78 is 5.55. The fourth-order valence-electron chi connectivity index (χ4n) is 1.71. The second-order valence-corrected chi connectivity index (χ2v) is 5.68. The second-order valence-electron chi connectivity index (χ2n) is 4.50. The monoisotopic (exact) mass is 263 g/mol. The fraction of sp³-hybridized carbons (Fsp3) is 1.00. The highest BCUT2D eigenvalue weighted by atomic mass is 79.9. The Morgan fingerprint density at radius 3 is 2.79 bits per heavy atom. The van der Waals surface area contributed by atoms with Crippen molar-refractivity contribution in [1.82, 2.24) is 4.90 Å². The van der Waals surface area contributed by atoms with Crippen LogP contribution in [0.2, 0.25) is 0 Å². The van der Waals surface area contributed by atoms with Crippen LogP contribution in [0.25, 0.3) is 0 Å². The first kappa shape index (κ1) is 12.5. The Bertz CT molecular complexity index is 163. The smallest absolute Gasteiger partial charge is 0.0596 e. The summed E-state index contributed by atoms with van der Waals surface area (Å²) in [4.78, 5) is 3.15. The molecule has 1 fully saturated rings. The summed E-state index contributed by atoms with van der Waals surface area (Å²) in [6, 6.07) is 0. The van der Waals surface area contributed by atoms with E-state index in [4.69, 9.17) is 4.74 Å². The van der Waals surface area contributed by atoms with E-state index < -0.39 is 0 Å². The van der Waals surface area contributed by atoms with Gasteiger partial charge in [0.25, 0.3) is 0 Å². The van der Waals surface area contributed by atoms with E-state index in [1.54, 1.807) is 0 Å². The van der Waals surface area contributed by atoms with Gasteiger partial charge in [0, 0.05) is 17.9 Å². The molecule has 0 spiro atoms. The zero-order chi connectivity index (χ0) is 10.6. The highest BCUT2D eigenvalue weighted by Crippen LogP contribution is 2.22. The van der Waals surface area contributed by atoms with Gasteiger partial charge in [0.1, 0.15) is 0 Å². The zero-order valence-electron chi connectivity index (χ0n) is 9.50. The first-order chi connectivity index (χ1) is 6.59. The molecule has 0 bridgehead atoms. The summed E-state index contributed by atoms with van der Waals surface area (Å²) in [6.45, 7) is 10.8. The Hall–Kier alpha value is 0.400. The van der Waals surface area contributed by atoms with Crippen LogP contribution in [0.1, 0.15) is 27.2 Å². The van der Waals surface area contributed by atoms with E-state index >= 15 is 0 Å². The maximum absolute atomic E-state index is 5.55. The number of alkyl halides is 1. The molecule has 0 aromatic heterocycles. The van der Waals surface area contributed by atoms with Crippen LogP contribution in [0.15, 0.2) is 0 Å². The van der Waals surface area contributed by atoms with Crippen LogP contribution in [-0.4, -0.2) is 42.1 Å². The van der Waals surface area contributed by atoms with Gasteiger partial charge in [0.15, 0.2) is 0 Å². The van der Waals surface area contributed by atoms with Crippen LogP contribution in [0.4, 0.5) is 0 Å². The van der Waals surface area contributed by atoms with Crippen molar-refractivity contribution < 1.29 is 4.74 Å². The van der Waals surface area contributed by atoms with Crippen LogP contribution in [0, 0.1) is 5.92 Å². The van der Waals surface area contributed by atoms with Gasteiger partial charge < -0.3 is 4.74 Å². The summed E-state index contributed by atoms with van der Waals surface area (Å²) >= 11 is 3.73. The molecule has 0 aromatic rings. The molecule has 0 N–H and O–H groups in total. The van der Waals surface area contributed by atoms with Gasteiger partial charge in [-0.25, -0.2) is 0 Å².